The van der Waals surface area contributed by atoms with E-state index in [2.05, 4.69) is 5.32 Å². The van der Waals surface area contributed by atoms with Crippen molar-refractivity contribution in [3.63, 3.8) is 0 Å². The predicted molar refractivity (Wildman–Crippen MR) is 87.1 cm³/mol. The molecular weight excluding hydrogens is 294 g/mol. The first-order valence-electron chi connectivity index (χ1n) is 7.74. The molecule has 122 valence electrons. The minimum Gasteiger partial charge on any atom is -0.452 e. The molecular formula is C18H21NO4. The Bertz CT molecular complexity index is 618. The molecule has 0 radical (unpaired) electrons. The number of carbonyl (C=O) groups is 3. The summed E-state index contributed by atoms with van der Waals surface area (Å²) in [5.41, 5.74) is 1.14. The third-order valence-electron chi connectivity index (χ3n) is 3.82. The Hall–Kier alpha value is -2.43. The maximum Gasteiger partial charge on any atom is 0.310 e. The maximum absolute atomic E-state index is 12.1. The third-order valence-corrected chi connectivity index (χ3v) is 3.82. The first-order chi connectivity index (χ1) is 11.0. The van der Waals surface area contributed by atoms with Crippen LogP contribution in [-0.4, -0.2) is 23.8 Å². The number of allylic oxidation sites excluding steroid dienone is 2. The van der Waals surface area contributed by atoms with Crippen LogP contribution in [0, 0.1) is 5.92 Å². The van der Waals surface area contributed by atoms with Crippen LogP contribution < -0.4 is 5.32 Å². The van der Waals surface area contributed by atoms with E-state index in [9.17, 15) is 14.4 Å². The van der Waals surface area contributed by atoms with E-state index >= 15 is 0 Å². The average molecular weight is 315 g/mol. The summed E-state index contributed by atoms with van der Waals surface area (Å²) in [5, 5.41) is 2.67. The van der Waals surface area contributed by atoms with Crippen molar-refractivity contribution >= 4 is 23.3 Å². The monoisotopic (exact) mass is 315 g/mol. The number of amides is 1. The Labute approximate surface area is 135 Å². The number of carbonyl (C=O) groups excluding carboxylic acids is 3. The van der Waals surface area contributed by atoms with Crippen LogP contribution in [0.25, 0.3) is 0 Å². The molecule has 0 saturated heterocycles. The van der Waals surface area contributed by atoms with Gasteiger partial charge in [-0.05, 0) is 57.4 Å². The number of benzene rings is 1. The third kappa shape index (κ3) is 4.77. The van der Waals surface area contributed by atoms with Gasteiger partial charge in [-0.15, -0.1) is 0 Å². The lowest BCUT2D eigenvalue weighted by Gasteiger charge is -2.19. The minimum absolute atomic E-state index is 0.0355. The SMILES string of the molecule is CC(=O)c1ccc(NC(=O)[C@@H](C)OC(=O)[C@H]2CC=CCC2)cc1. The van der Waals surface area contributed by atoms with Crippen molar-refractivity contribution in [1.29, 1.82) is 0 Å². The molecule has 1 amide bonds. The first kappa shape index (κ1) is 16.9. The molecule has 0 saturated carbocycles. The van der Waals surface area contributed by atoms with E-state index in [0.29, 0.717) is 17.7 Å². The molecule has 5 nitrogen and oxygen atoms in total. The Balaban J connectivity index is 1.88. The van der Waals surface area contributed by atoms with Gasteiger partial charge in [0.15, 0.2) is 11.9 Å². The fourth-order valence-corrected chi connectivity index (χ4v) is 2.36. The number of nitrogens with one attached hydrogen (secondary N) is 1. The predicted octanol–water partition coefficient (Wildman–Crippen LogP) is 3.12. The van der Waals surface area contributed by atoms with E-state index in [1.165, 1.54) is 6.92 Å². The van der Waals surface area contributed by atoms with Crippen molar-refractivity contribution < 1.29 is 19.1 Å². The van der Waals surface area contributed by atoms with Crippen molar-refractivity contribution in [2.45, 2.75) is 39.2 Å². The Kier molecular flexibility index (Phi) is 5.68. The fraction of sp³-hybridized carbons (Fsp3) is 0.389. The number of ether oxygens (including phenoxy) is 1. The number of ketones is 1. The molecule has 0 aromatic heterocycles. The Morgan fingerprint density at radius 3 is 2.43 bits per heavy atom. The average Bonchev–Trinajstić information content (AvgIpc) is 2.56. The summed E-state index contributed by atoms with van der Waals surface area (Å²) >= 11 is 0. The highest BCUT2D eigenvalue weighted by Crippen LogP contribution is 2.20. The lowest BCUT2D eigenvalue weighted by molar-refractivity contribution is -0.157. The van der Waals surface area contributed by atoms with Crippen LogP contribution in [0.5, 0.6) is 0 Å². The number of hydrogen-bond donors (Lipinski definition) is 1. The molecule has 2 rings (SSSR count). The lowest BCUT2D eigenvalue weighted by Crippen LogP contribution is -2.32. The largest absolute Gasteiger partial charge is 0.452 e. The summed E-state index contributed by atoms with van der Waals surface area (Å²) in [4.78, 5) is 35.3. The number of esters is 1. The zero-order valence-corrected chi connectivity index (χ0v) is 13.4. The molecule has 1 aromatic carbocycles. The second-order valence-corrected chi connectivity index (χ2v) is 5.68. The van der Waals surface area contributed by atoms with E-state index in [4.69, 9.17) is 4.74 Å². The van der Waals surface area contributed by atoms with E-state index in [0.717, 1.165) is 12.8 Å². The molecule has 0 fully saturated rings. The van der Waals surface area contributed by atoms with Crippen LogP contribution in [-0.2, 0) is 14.3 Å². The summed E-state index contributed by atoms with van der Waals surface area (Å²) < 4.78 is 5.25. The van der Waals surface area contributed by atoms with Gasteiger partial charge in [0.2, 0.25) is 0 Å². The summed E-state index contributed by atoms with van der Waals surface area (Å²) in [6.07, 6.45) is 5.45. The molecule has 0 aliphatic heterocycles. The van der Waals surface area contributed by atoms with Crippen LogP contribution in [0.15, 0.2) is 36.4 Å². The quantitative estimate of drug-likeness (QED) is 0.515. The molecule has 0 spiro atoms. The maximum atomic E-state index is 12.1. The van der Waals surface area contributed by atoms with Gasteiger partial charge in [0.05, 0.1) is 5.92 Å². The van der Waals surface area contributed by atoms with Crippen molar-refractivity contribution in [2.24, 2.45) is 5.92 Å². The smallest absolute Gasteiger partial charge is 0.310 e. The molecule has 0 unspecified atom stereocenters. The molecule has 2 atom stereocenters. The summed E-state index contributed by atoms with van der Waals surface area (Å²) in [6, 6.07) is 6.58. The van der Waals surface area contributed by atoms with Crippen molar-refractivity contribution in [2.75, 3.05) is 5.32 Å². The number of hydrogen-bond acceptors (Lipinski definition) is 4. The summed E-state index contributed by atoms with van der Waals surface area (Å²) in [7, 11) is 0. The minimum atomic E-state index is -0.860. The van der Waals surface area contributed by atoms with Crippen LogP contribution in [0.1, 0.15) is 43.5 Å². The first-order valence-corrected chi connectivity index (χ1v) is 7.74. The standard InChI is InChI=1S/C18H21NO4/c1-12(20)14-8-10-16(11-9-14)19-17(21)13(2)23-18(22)15-6-4-3-5-7-15/h3-4,8-11,13,15H,5-7H2,1-2H3,(H,19,21)/t13-,15+/m1/s1. The van der Waals surface area contributed by atoms with Crippen LogP contribution >= 0.6 is 0 Å². The van der Waals surface area contributed by atoms with Gasteiger partial charge >= 0.3 is 5.97 Å². The van der Waals surface area contributed by atoms with Gasteiger partial charge in [0, 0.05) is 11.3 Å². The molecule has 23 heavy (non-hydrogen) atoms. The normalized spacial score (nSPS) is 18.1. The van der Waals surface area contributed by atoms with Crippen LogP contribution in [0.4, 0.5) is 5.69 Å². The molecule has 5 heteroatoms. The molecule has 1 aromatic rings. The van der Waals surface area contributed by atoms with Gasteiger partial charge in [-0.3, -0.25) is 14.4 Å². The number of Topliss-reactive ketones (excluding diaryl/α,β-unsaturated/α-hetero) is 1. The highest BCUT2D eigenvalue weighted by atomic mass is 16.5. The van der Waals surface area contributed by atoms with Crippen molar-refractivity contribution in [3.8, 4) is 0 Å². The lowest BCUT2D eigenvalue weighted by atomic mass is 9.95. The second kappa shape index (κ2) is 7.72. The number of rotatable bonds is 5. The summed E-state index contributed by atoms with van der Waals surface area (Å²) in [5.74, 6) is -0.916. The van der Waals surface area contributed by atoms with Gasteiger partial charge < -0.3 is 10.1 Å². The van der Waals surface area contributed by atoms with E-state index in [-0.39, 0.29) is 23.6 Å². The molecule has 0 heterocycles. The van der Waals surface area contributed by atoms with Gasteiger partial charge in [-0.25, -0.2) is 0 Å². The zero-order chi connectivity index (χ0) is 16.8. The van der Waals surface area contributed by atoms with Crippen molar-refractivity contribution in [3.05, 3.63) is 42.0 Å². The molecule has 1 aliphatic rings. The van der Waals surface area contributed by atoms with Crippen molar-refractivity contribution in [1.82, 2.24) is 0 Å². The van der Waals surface area contributed by atoms with E-state index in [1.807, 2.05) is 12.2 Å². The second-order valence-electron chi connectivity index (χ2n) is 5.68. The van der Waals surface area contributed by atoms with E-state index in [1.54, 1.807) is 31.2 Å². The van der Waals surface area contributed by atoms with Gasteiger partial charge in [0.25, 0.3) is 5.91 Å². The Morgan fingerprint density at radius 2 is 1.87 bits per heavy atom. The fourth-order valence-electron chi connectivity index (χ4n) is 2.36. The van der Waals surface area contributed by atoms with Gasteiger partial charge in [-0.2, -0.15) is 0 Å². The van der Waals surface area contributed by atoms with Gasteiger partial charge in [0.1, 0.15) is 0 Å². The van der Waals surface area contributed by atoms with Gasteiger partial charge in [-0.1, -0.05) is 12.2 Å². The number of anilines is 1. The summed E-state index contributed by atoms with van der Waals surface area (Å²) in [6.45, 7) is 3.03. The topological polar surface area (TPSA) is 72.5 Å². The van der Waals surface area contributed by atoms with Crippen LogP contribution in [0.3, 0.4) is 0 Å². The molecule has 0 bridgehead atoms. The highest BCUT2D eigenvalue weighted by molar-refractivity contribution is 5.97. The Morgan fingerprint density at radius 1 is 1.17 bits per heavy atom. The van der Waals surface area contributed by atoms with E-state index < -0.39 is 6.10 Å². The zero-order valence-electron chi connectivity index (χ0n) is 13.4. The molecule has 1 aliphatic carbocycles. The highest BCUT2D eigenvalue weighted by Gasteiger charge is 2.25. The van der Waals surface area contributed by atoms with Crippen LogP contribution in [0.2, 0.25) is 0 Å². The molecule has 1 N–H and O–H groups in total.